The Bertz CT molecular complexity index is 405. The zero-order valence-corrected chi connectivity index (χ0v) is 10.4. The summed E-state index contributed by atoms with van der Waals surface area (Å²) in [5.74, 6) is -0.543. The number of nitrogens with one attached hydrogen (secondary N) is 2. The van der Waals surface area contributed by atoms with Crippen molar-refractivity contribution in [3.63, 3.8) is 0 Å². The second kappa shape index (κ2) is 5.98. The van der Waals surface area contributed by atoms with Crippen LogP contribution in [-0.4, -0.2) is 18.5 Å². The monoisotopic (exact) mass is 258 g/mol. The largest absolute Gasteiger partial charge is 0.322 e. The van der Waals surface area contributed by atoms with Crippen LogP contribution in [0.5, 0.6) is 0 Å². The molecule has 1 heterocycles. The quantitative estimate of drug-likeness (QED) is 0.854. The Morgan fingerprint density at radius 3 is 2.94 bits per heavy atom. The summed E-state index contributed by atoms with van der Waals surface area (Å²) in [4.78, 5) is 11.7. The first-order valence-electron chi connectivity index (χ1n) is 5.47. The molecule has 1 aromatic carbocycles. The minimum atomic E-state index is -0.392. The van der Waals surface area contributed by atoms with E-state index in [9.17, 15) is 9.18 Å². The Morgan fingerprint density at radius 1 is 1.53 bits per heavy atom. The molecular formula is C12H16ClFN2O. The molecule has 0 bridgehead atoms. The van der Waals surface area contributed by atoms with Gasteiger partial charge in [0.2, 0.25) is 5.91 Å². The first-order chi connectivity index (χ1) is 7.66. The fourth-order valence-corrected chi connectivity index (χ4v) is 1.86. The molecule has 1 amide bonds. The zero-order valence-electron chi connectivity index (χ0n) is 9.63. The molecule has 1 fully saturated rings. The van der Waals surface area contributed by atoms with Gasteiger partial charge in [0.1, 0.15) is 5.82 Å². The van der Waals surface area contributed by atoms with E-state index in [1.165, 1.54) is 6.07 Å². The number of amides is 1. The highest BCUT2D eigenvalue weighted by molar-refractivity contribution is 5.95. The van der Waals surface area contributed by atoms with Gasteiger partial charge in [0.15, 0.2) is 0 Å². The number of halogens is 2. The van der Waals surface area contributed by atoms with Crippen LogP contribution in [0.2, 0.25) is 0 Å². The Hall–Kier alpha value is -1.13. The van der Waals surface area contributed by atoms with Crippen molar-refractivity contribution in [2.24, 2.45) is 0 Å². The van der Waals surface area contributed by atoms with Gasteiger partial charge >= 0.3 is 0 Å². The molecule has 1 atom stereocenters. The zero-order chi connectivity index (χ0) is 11.5. The van der Waals surface area contributed by atoms with Crippen LogP contribution in [0.4, 0.5) is 10.1 Å². The smallest absolute Gasteiger partial charge is 0.241 e. The van der Waals surface area contributed by atoms with E-state index in [4.69, 9.17) is 0 Å². The first-order valence-corrected chi connectivity index (χ1v) is 5.47. The lowest BCUT2D eigenvalue weighted by Gasteiger charge is -2.12. The molecule has 2 N–H and O–H groups in total. The van der Waals surface area contributed by atoms with Gasteiger partial charge in [-0.15, -0.1) is 12.4 Å². The van der Waals surface area contributed by atoms with Crippen molar-refractivity contribution in [2.75, 3.05) is 11.9 Å². The lowest BCUT2D eigenvalue weighted by molar-refractivity contribution is -0.117. The third-order valence-corrected chi connectivity index (χ3v) is 2.76. The van der Waals surface area contributed by atoms with E-state index in [0.29, 0.717) is 0 Å². The molecule has 1 saturated heterocycles. The Balaban J connectivity index is 0.00000144. The van der Waals surface area contributed by atoms with Crippen molar-refractivity contribution in [2.45, 2.75) is 25.8 Å². The molecule has 1 unspecified atom stereocenters. The average molecular weight is 259 g/mol. The molecule has 1 aliphatic heterocycles. The maximum Gasteiger partial charge on any atom is 0.241 e. The summed E-state index contributed by atoms with van der Waals surface area (Å²) in [6.07, 6.45) is 1.81. The van der Waals surface area contributed by atoms with Gasteiger partial charge in [0.25, 0.3) is 0 Å². The summed E-state index contributed by atoms with van der Waals surface area (Å²) >= 11 is 0. The summed E-state index contributed by atoms with van der Waals surface area (Å²) in [5, 5.41) is 5.69. The molecule has 1 aromatic rings. The van der Waals surface area contributed by atoms with Crippen LogP contribution in [-0.2, 0) is 4.79 Å². The van der Waals surface area contributed by atoms with Crippen LogP contribution < -0.4 is 10.6 Å². The van der Waals surface area contributed by atoms with Gasteiger partial charge in [-0.2, -0.15) is 0 Å². The van der Waals surface area contributed by atoms with E-state index in [-0.39, 0.29) is 30.0 Å². The molecule has 0 spiro atoms. The molecule has 0 aromatic heterocycles. The molecule has 2 rings (SSSR count). The van der Waals surface area contributed by atoms with Gasteiger partial charge in [0.05, 0.1) is 11.7 Å². The van der Waals surface area contributed by atoms with E-state index in [1.807, 2.05) is 6.92 Å². The number of anilines is 1. The molecule has 3 nitrogen and oxygen atoms in total. The fourth-order valence-electron chi connectivity index (χ4n) is 1.86. The summed E-state index contributed by atoms with van der Waals surface area (Å²) in [7, 11) is 0. The van der Waals surface area contributed by atoms with Gasteiger partial charge in [-0.25, -0.2) is 4.39 Å². The van der Waals surface area contributed by atoms with E-state index in [1.54, 1.807) is 12.1 Å². The number of hydrogen-bond donors (Lipinski definition) is 2. The van der Waals surface area contributed by atoms with Crippen LogP contribution >= 0.6 is 12.4 Å². The summed E-state index contributed by atoms with van der Waals surface area (Å²) in [5.41, 5.74) is 1.19. The van der Waals surface area contributed by atoms with E-state index in [2.05, 4.69) is 10.6 Å². The normalized spacial score (nSPS) is 18.6. The van der Waals surface area contributed by atoms with Gasteiger partial charge in [-0.1, -0.05) is 6.07 Å². The first kappa shape index (κ1) is 13.9. The maximum atomic E-state index is 13.4. The van der Waals surface area contributed by atoms with Crippen LogP contribution in [0.15, 0.2) is 18.2 Å². The van der Waals surface area contributed by atoms with Crippen molar-refractivity contribution in [1.82, 2.24) is 5.32 Å². The number of carbonyl (C=O) groups excluding carboxylic acids is 1. The van der Waals surface area contributed by atoms with E-state index < -0.39 is 5.82 Å². The maximum absolute atomic E-state index is 13.4. The van der Waals surface area contributed by atoms with Gasteiger partial charge in [0, 0.05) is 0 Å². The molecule has 0 saturated carbocycles. The summed E-state index contributed by atoms with van der Waals surface area (Å²) in [6, 6.07) is 4.51. The second-order valence-corrected chi connectivity index (χ2v) is 4.12. The van der Waals surface area contributed by atoms with Gasteiger partial charge < -0.3 is 10.6 Å². The SMILES string of the molecule is Cc1ccc(F)c(NC(=O)C2CCCN2)c1.Cl. The molecule has 0 aliphatic carbocycles. The average Bonchev–Trinajstić information content (AvgIpc) is 2.76. The fraction of sp³-hybridized carbons (Fsp3) is 0.417. The van der Waals surface area contributed by atoms with Crippen molar-refractivity contribution in [1.29, 1.82) is 0 Å². The topological polar surface area (TPSA) is 41.1 Å². The van der Waals surface area contributed by atoms with Crippen molar-refractivity contribution in [3.05, 3.63) is 29.6 Å². The molecule has 17 heavy (non-hydrogen) atoms. The molecule has 0 radical (unpaired) electrons. The number of benzene rings is 1. The molecule has 5 heteroatoms. The van der Waals surface area contributed by atoms with Crippen LogP contribution in [0.3, 0.4) is 0 Å². The number of hydrogen-bond acceptors (Lipinski definition) is 2. The van der Waals surface area contributed by atoms with Crippen molar-refractivity contribution >= 4 is 24.0 Å². The van der Waals surface area contributed by atoms with Crippen molar-refractivity contribution < 1.29 is 9.18 Å². The predicted octanol–water partition coefficient (Wildman–Crippen LogP) is 2.25. The third-order valence-electron chi connectivity index (χ3n) is 2.76. The number of carbonyl (C=O) groups is 1. The number of aryl methyl sites for hydroxylation is 1. The van der Waals surface area contributed by atoms with Crippen LogP contribution in [0.25, 0.3) is 0 Å². The molecule has 94 valence electrons. The summed E-state index contributed by atoms with van der Waals surface area (Å²) in [6.45, 7) is 2.72. The minimum absolute atomic E-state index is 0. The standard InChI is InChI=1S/C12H15FN2O.ClH/c1-8-4-5-9(13)11(7-8)15-12(16)10-3-2-6-14-10;/h4-5,7,10,14H,2-3,6H2,1H3,(H,15,16);1H. The Labute approximate surface area is 106 Å². The number of rotatable bonds is 2. The second-order valence-electron chi connectivity index (χ2n) is 4.12. The highest BCUT2D eigenvalue weighted by Crippen LogP contribution is 2.17. The van der Waals surface area contributed by atoms with E-state index >= 15 is 0 Å². The Kier molecular flexibility index (Phi) is 4.90. The van der Waals surface area contributed by atoms with Crippen molar-refractivity contribution in [3.8, 4) is 0 Å². The van der Waals surface area contributed by atoms with Crippen LogP contribution in [0, 0.1) is 12.7 Å². The van der Waals surface area contributed by atoms with Crippen LogP contribution in [0.1, 0.15) is 18.4 Å². The lowest BCUT2D eigenvalue weighted by Crippen LogP contribution is -2.35. The van der Waals surface area contributed by atoms with E-state index in [0.717, 1.165) is 24.9 Å². The predicted molar refractivity (Wildman–Crippen MR) is 68.0 cm³/mol. The minimum Gasteiger partial charge on any atom is -0.322 e. The lowest BCUT2D eigenvalue weighted by atomic mass is 10.2. The summed E-state index contributed by atoms with van der Waals surface area (Å²) < 4.78 is 13.4. The van der Waals surface area contributed by atoms with Gasteiger partial charge in [-0.05, 0) is 44.0 Å². The van der Waals surface area contributed by atoms with Gasteiger partial charge in [-0.3, -0.25) is 4.79 Å². The Morgan fingerprint density at radius 2 is 2.29 bits per heavy atom. The third kappa shape index (κ3) is 3.41. The highest BCUT2D eigenvalue weighted by atomic mass is 35.5. The molecular weight excluding hydrogens is 243 g/mol. The highest BCUT2D eigenvalue weighted by Gasteiger charge is 2.22. The molecule has 1 aliphatic rings.